The SMILES string of the molecule is CN(C)CCCNC(=O)CC1C(=O)NCCN1Cc1cccc(F)c1. The first kappa shape index (κ1) is 19.3. The van der Waals surface area contributed by atoms with E-state index in [1.54, 1.807) is 6.07 Å². The molecule has 1 fully saturated rings. The van der Waals surface area contributed by atoms with Gasteiger partial charge in [0.1, 0.15) is 5.82 Å². The van der Waals surface area contributed by atoms with E-state index in [0.29, 0.717) is 26.2 Å². The predicted molar refractivity (Wildman–Crippen MR) is 94.4 cm³/mol. The van der Waals surface area contributed by atoms with Gasteiger partial charge >= 0.3 is 0 Å². The van der Waals surface area contributed by atoms with Gasteiger partial charge in [-0.1, -0.05) is 12.1 Å². The number of carbonyl (C=O) groups is 2. The Bertz CT molecular complexity index is 594. The number of halogens is 1. The standard InChI is InChI=1S/C18H27FN4O2/c1-22(2)9-4-7-20-17(24)12-16-18(25)21-8-10-23(16)13-14-5-3-6-15(19)11-14/h3,5-6,11,16H,4,7-10,12-13H2,1-2H3,(H,20,24)(H,21,25). The molecule has 1 saturated heterocycles. The maximum atomic E-state index is 13.4. The number of nitrogens with one attached hydrogen (secondary N) is 2. The number of rotatable bonds is 8. The molecule has 2 rings (SSSR count). The summed E-state index contributed by atoms with van der Waals surface area (Å²) < 4.78 is 13.4. The molecule has 1 aliphatic rings. The van der Waals surface area contributed by atoms with E-state index in [9.17, 15) is 14.0 Å². The van der Waals surface area contributed by atoms with Crippen molar-refractivity contribution in [3.05, 3.63) is 35.6 Å². The number of hydrogen-bond acceptors (Lipinski definition) is 4. The second-order valence-electron chi connectivity index (χ2n) is 6.62. The summed E-state index contributed by atoms with van der Waals surface area (Å²) in [5.74, 6) is -0.578. The number of piperazine rings is 1. The van der Waals surface area contributed by atoms with Crippen molar-refractivity contribution in [3.8, 4) is 0 Å². The average Bonchev–Trinajstić information content (AvgIpc) is 2.55. The maximum absolute atomic E-state index is 13.4. The number of benzene rings is 1. The van der Waals surface area contributed by atoms with E-state index in [2.05, 4.69) is 15.5 Å². The van der Waals surface area contributed by atoms with Gasteiger partial charge in [0.15, 0.2) is 0 Å². The highest BCUT2D eigenvalue weighted by atomic mass is 19.1. The Morgan fingerprint density at radius 1 is 1.44 bits per heavy atom. The number of carbonyl (C=O) groups excluding carboxylic acids is 2. The molecule has 1 aliphatic heterocycles. The van der Waals surface area contributed by atoms with Crippen LogP contribution in [0.25, 0.3) is 0 Å². The number of hydrogen-bond donors (Lipinski definition) is 2. The summed E-state index contributed by atoms with van der Waals surface area (Å²) in [4.78, 5) is 28.4. The quantitative estimate of drug-likeness (QED) is 0.674. The third-order valence-corrected chi connectivity index (χ3v) is 4.20. The minimum Gasteiger partial charge on any atom is -0.356 e. The van der Waals surface area contributed by atoms with E-state index >= 15 is 0 Å². The van der Waals surface area contributed by atoms with Gasteiger partial charge in [0.2, 0.25) is 11.8 Å². The molecule has 1 aromatic carbocycles. The minimum absolute atomic E-state index is 0.114. The van der Waals surface area contributed by atoms with E-state index in [1.165, 1.54) is 12.1 Å². The third kappa shape index (κ3) is 6.43. The van der Waals surface area contributed by atoms with Gasteiger partial charge in [-0.3, -0.25) is 14.5 Å². The van der Waals surface area contributed by atoms with Gasteiger partial charge in [0.05, 0.1) is 12.5 Å². The molecule has 7 heteroatoms. The third-order valence-electron chi connectivity index (χ3n) is 4.20. The van der Waals surface area contributed by atoms with E-state index < -0.39 is 6.04 Å². The molecule has 138 valence electrons. The van der Waals surface area contributed by atoms with E-state index in [1.807, 2.05) is 25.1 Å². The first-order chi connectivity index (χ1) is 12.0. The maximum Gasteiger partial charge on any atom is 0.237 e. The molecular weight excluding hydrogens is 323 g/mol. The van der Waals surface area contributed by atoms with Crippen molar-refractivity contribution in [1.82, 2.24) is 20.4 Å². The molecule has 1 unspecified atom stereocenters. The zero-order valence-corrected chi connectivity index (χ0v) is 14.9. The smallest absolute Gasteiger partial charge is 0.237 e. The molecule has 2 amide bonds. The highest BCUT2D eigenvalue weighted by Crippen LogP contribution is 2.14. The van der Waals surface area contributed by atoms with Crippen LogP contribution in [0.3, 0.4) is 0 Å². The molecule has 25 heavy (non-hydrogen) atoms. The molecule has 0 aromatic heterocycles. The summed E-state index contributed by atoms with van der Waals surface area (Å²) in [6, 6.07) is 5.82. The van der Waals surface area contributed by atoms with E-state index in [4.69, 9.17) is 0 Å². The molecule has 0 spiro atoms. The molecule has 1 heterocycles. The topological polar surface area (TPSA) is 64.7 Å². The van der Waals surface area contributed by atoms with Crippen molar-refractivity contribution in [3.63, 3.8) is 0 Å². The highest BCUT2D eigenvalue weighted by Gasteiger charge is 2.31. The van der Waals surface area contributed by atoms with Crippen molar-refractivity contribution in [1.29, 1.82) is 0 Å². The first-order valence-electron chi connectivity index (χ1n) is 8.63. The van der Waals surface area contributed by atoms with Crippen LogP contribution in [0.15, 0.2) is 24.3 Å². The van der Waals surface area contributed by atoms with Crippen molar-refractivity contribution in [2.75, 3.05) is 40.3 Å². The van der Waals surface area contributed by atoms with Gasteiger partial charge in [-0.2, -0.15) is 0 Å². The molecule has 2 N–H and O–H groups in total. The van der Waals surface area contributed by atoms with E-state index in [-0.39, 0.29) is 24.1 Å². The van der Waals surface area contributed by atoms with Crippen LogP contribution in [0.4, 0.5) is 4.39 Å². The minimum atomic E-state index is -0.522. The Kier molecular flexibility index (Phi) is 7.33. The Balaban J connectivity index is 1.90. The van der Waals surface area contributed by atoms with Gasteiger partial charge < -0.3 is 15.5 Å². The summed E-state index contributed by atoms with van der Waals surface area (Å²) in [5, 5.41) is 5.67. The van der Waals surface area contributed by atoms with Crippen molar-refractivity contribution < 1.29 is 14.0 Å². The Labute approximate surface area is 148 Å². The zero-order chi connectivity index (χ0) is 18.2. The van der Waals surface area contributed by atoms with Crippen LogP contribution in [0.1, 0.15) is 18.4 Å². The van der Waals surface area contributed by atoms with Crippen LogP contribution < -0.4 is 10.6 Å². The van der Waals surface area contributed by atoms with Crippen LogP contribution >= 0.6 is 0 Å². The molecule has 0 radical (unpaired) electrons. The summed E-state index contributed by atoms with van der Waals surface area (Å²) in [5.41, 5.74) is 0.797. The van der Waals surface area contributed by atoms with Crippen LogP contribution in [0.2, 0.25) is 0 Å². The lowest BCUT2D eigenvalue weighted by Crippen LogP contribution is -2.56. The fourth-order valence-electron chi connectivity index (χ4n) is 2.91. The lowest BCUT2D eigenvalue weighted by Gasteiger charge is -2.34. The summed E-state index contributed by atoms with van der Waals surface area (Å²) in [7, 11) is 3.97. The Morgan fingerprint density at radius 2 is 2.24 bits per heavy atom. The molecule has 1 atom stereocenters. The highest BCUT2D eigenvalue weighted by molar-refractivity contribution is 5.88. The van der Waals surface area contributed by atoms with Crippen LogP contribution in [-0.4, -0.2) is 67.9 Å². The first-order valence-corrected chi connectivity index (χ1v) is 8.63. The van der Waals surface area contributed by atoms with Crippen molar-refractivity contribution in [2.24, 2.45) is 0 Å². The summed E-state index contributed by atoms with van der Waals surface area (Å²) >= 11 is 0. The Hall–Kier alpha value is -1.99. The molecule has 0 bridgehead atoms. The van der Waals surface area contributed by atoms with E-state index in [0.717, 1.165) is 18.5 Å². The van der Waals surface area contributed by atoms with Gasteiger partial charge in [0, 0.05) is 26.2 Å². The van der Waals surface area contributed by atoms with Crippen LogP contribution in [-0.2, 0) is 16.1 Å². The van der Waals surface area contributed by atoms with Crippen molar-refractivity contribution >= 4 is 11.8 Å². The normalized spacial score (nSPS) is 18.2. The second-order valence-corrected chi connectivity index (χ2v) is 6.62. The van der Waals surface area contributed by atoms with Gasteiger partial charge in [0.25, 0.3) is 0 Å². The lowest BCUT2D eigenvalue weighted by molar-refractivity contribution is -0.134. The van der Waals surface area contributed by atoms with Gasteiger partial charge in [-0.15, -0.1) is 0 Å². The molecule has 6 nitrogen and oxygen atoms in total. The molecular formula is C18H27FN4O2. The summed E-state index contributed by atoms with van der Waals surface area (Å²) in [6.45, 7) is 3.12. The monoisotopic (exact) mass is 350 g/mol. The van der Waals surface area contributed by atoms with Gasteiger partial charge in [-0.25, -0.2) is 4.39 Å². The predicted octanol–water partition coefficient (Wildman–Crippen LogP) is 0.584. The fourth-order valence-corrected chi connectivity index (χ4v) is 2.91. The van der Waals surface area contributed by atoms with Crippen LogP contribution in [0, 0.1) is 5.82 Å². The molecule has 0 aliphatic carbocycles. The lowest BCUT2D eigenvalue weighted by atomic mass is 10.1. The largest absolute Gasteiger partial charge is 0.356 e. The van der Waals surface area contributed by atoms with Crippen LogP contribution in [0.5, 0.6) is 0 Å². The molecule has 0 saturated carbocycles. The zero-order valence-electron chi connectivity index (χ0n) is 14.9. The average molecular weight is 350 g/mol. The fraction of sp³-hybridized carbons (Fsp3) is 0.556. The number of amides is 2. The number of nitrogens with zero attached hydrogens (tertiary/aromatic N) is 2. The Morgan fingerprint density at radius 3 is 2.96 bits per heavy atom. The summed E-state index contributed by atoms with van der Waals surface area (Å²) in [6.07, 6.45) is 0.978. The molecule has 1 aromatic rings. The van der Waals surface area contributed by atoms with Gasteiger partial charge in [-0.05, 0) is 44.8 Å². The van der Waals surface area contributed by atoms with Crippen molar-refractivity contribution in [2.45, 2.75) is 25.4 Å². The second kappa shape index (κ2) is 9.48.